The van der Waals surface area contributed by atoms with Gasteiger partial charge in [-0.15, -0.1) is 0 Å². The van der Waals surface area contributed by atoms with Crippen molar-refractivity contribution in [1.29, 1.82) is 0 Å². The fourth-order valence-corrected chi connectivity index (χ4v) is 10.1. The van der Waals surface area contributed by atoms with Crippen molar-refractivity contribution in [3.05, 3.63) is 85.0 Å². The third-order valence-electron chi connectivity index (χ3n) is 6.03. The van der Waals surface area contributed by atoms with Gasteiger partial charge in [-0.25, -0.2) is 0 Å². The Bertz CT molecular complexity index is 1040. The molecule has 0 N–H and O–H groups in total. The van der Waals surface area contributed by atoms with Crippen molar-refractivity contribution in [3.63, 3.8) is 0 Å². The van der Waals surface area contributed by atoms with Crippen molar-refractivity contribution in [2.75, 3.05) is 18.9 Å². The van der Waals surface area contributed by atoms with Gasteiger partial charge in [0.1, 0.15) is 14.3 Å². The molecule has 6 heteroatoms. The minimum absolute atomic E-state index is 0.205. The summed E-state index contributed by atoms with van der Waals surface area (Å²) in [6, 6.07) is 19.3. The number of hydrogen-bond acceptors (Lipinski definition) is 4. The summed E-state index contributed by atoms with van der Waals surface area (Å²) in [6.07, 6.45) is 10.5. The van der Waals surface area contributed by atoms with E-state index in [0.717, 1.165) is 23.2 Å². The predicted molar refractivity (Wildman–Crippen MR) is 134 cm³/mol. The first kappa shape index (κ1) is 24.5. The van der Waals surface area contributed by atoms with Crippen LogP contribution in [0.3, 0.4) is 0 Å². The van der Waals surface area contributed by atoms with E-state index in [1.807, 2.05) is 72.8 Å². The molecule has 32 heavy (non-hydrogen) atoms. The normalized spacial score (nSPS) is 28.2. The lowest BCUT2D eigenvalue weighted by Crippen LogP contribution is -2.19. The van der Waals surface area contributed by atoms with Crippen LogP contribution in [0.2, 0.25) is 0 Å². The van der Waals surface area contributed by atoms with Gasteiger partial charge in [0.25, 0.3) is 0 Å². The second kappa shape index (κ2) is 11.1. The molecule has 170 valence electrons. The van der Waals surface area contributed by atoms with Crippen LogP contribution in [0.15, 0.2) is 85.0 Å². The van der Waals surface area contributed by atoms with E-state index >= 15 is 0 Å². The van der Waals surface area contributed by atoms with Crippen LogP contribution in [0.25, 0.3) is 0 Å². The molecule has 0 unspecified atom stereocenters. The lowest BCUT2D eigenvalue weighted by atomic mass is 10.3. The van der Waals surface area contributed by atoms with Gasteiger partial charge in [-0.2, -0.15) is 0 Å². The highest BCUT2D eigenvalue weighted by molar-refractivity contribution is 7.73. The first-order chi connectivity index (χ1) is 15.4. The molecule has 0 spiro atoms. The highest BCUT2D eigenvalue weighted by atomic mass is 31.2. The summed E-state index contributed by atoms with van der Waals surface area (Å²) < 4.78 is 30.7. The minimum Gasteiger partial charge on any atom is -0.466 e. The molecule has 4 rings (SSSR count). The SMILES string of the molecule is CCOC(=O)C[C@H]1C=CC[P@]1(=O)c1ccccc1.CC[C@H]1C=CC[P@]1(=O)c1ccccc1. The van der Waals surface area contributed by atoms with Crippen molar-refractivity contribution in [3.8, 4) is 0 Å². The molecule has 0 fully saturated rings. The number of ether oxygens (including phenoxy) is 1. The van der Waals surface area contributed by atoms with Gasteiger partial charge in [-0.1, -0.05) is 91.9 Å². The van der Waals surface area contributed by atoms with E-state index < -0.39 is 14.3 Å². The summed E-state index contributed by atoms with van der Waals surface area (Å²) in [4.78, 5) is 11.5. The zero-order valence-electron chi connectivity index (χ0n) is 18.8. The van der Waals surface area contributed by atoms with Crippen molar-refractivity contribution >= 4 is 30.9 Å². The van der Waals surface area contributed by atoms with Crippen LogP contribution < -0.4 is 10.6 Å². The minimum atomic E-state index is -2.52. The van der Waals surface area contributed by atoms with Gasteiger partial charge in [-0.05, 0) is 13.3 Å². The molecule has 0 amide bonds. The number of esters is 1. The van der Waals surface area contributed by atoms with Crippen LogP contribution in [-0.2, 0) is 18.7 Å². The van der Waals surface area contributed by atoms with Gasteiger partial charge >= 0.3 is 5.97 Å². The van der Waals surface area contributed by atoms with Gasteiger partial charge in [-0.3, -0.25) is 4.79 Å². The maximum absolute atomic E-state index is 13.0. The average molecular weight is 470 g/mol. The number of carbonyl (C=O) groups is 1. The third-order valence-corrected chi connectivity index (χ3v) is 12.9. The van der Waals surface area contributed by atoms with Gasteiger partial charge in [0.15, 0.2) is 0 Å². The zero-order chi connectivity index (χ0) is 23.0. The summed E-state index contributed by atoms with van der Waals surface area (Å²) in [5.41, 5.74) is 0.0591. The molecular weight excluding hydrogens is 438 g/mol. The second-order valence-corrected chi connectivity index (χ2v) is 14.3. The van der Waals surface area contributed by atoms with Crippen LogP contribution in [-0.4, -0.2) is 36.2 Å². The molecule has 2 aliphatic heterocycles. The molecule has 0 aromatic heterocycles. The Kier molecular flexibility index (Phi) is 8.51. The third kappa shape index (κ3) is 5.42. The zero-order valence-corrected chi connectivity index (χ0v) is 20.6. The molecule has 0 bridgehead atoms. The molecule has 2 aromatic rings. The van der Waals surface area contributed by atoms with E-state index in [4.69, 9.17) is 4.74 Å². The van der Waals surface area contributed by atoms with Crippen LogP contribution >= 0.6 is 14.3 Å². The fraction of sp³-hybridized carbons (Fsp3) is 0.346. The lowest BCUT2D eigenvalue weighted by molar-refractivity contribution is -0.142. The summed E-state index contributed by atoms with van der Waals surface area (Å²) in [6.45, 7) is 4.25. The van der Waals surface area contributed by atoms with E-state index in [-0.39, 0.29) is 23.7 Å². The Morgan fingerprint density at radius 2 is 1.28 bits per heavy atom. The van der Waals surface area contributed by atoms with Crippen molar-refractivity contribution < 1.29 is 18.7 Å². The molecule has 2 aliphatic rings. The highest BCUT2D eigenvalue weighted by Gasteiger charge is 2.37. The van der Waals surface area contributed by atoms with Crippen LogP contribution in [0, 0.1) is 0 Å². The van der Waals surface area contributed by atoms with E-state index in [0.29, 0.717) is 12.8 Å². The predicted octanol–water partition coefficient (Wildman–Crippen LogP) is 5.59. The maximum Gasteiger partial charge on any atom is 0.306 e. The van der Waals surface area contributed by atoms with E-state index in [1.165, 1.54) is 0 Å². The quantitative estimate of drug-likeness (QED) is 0.314. The smallest absolute Gasteiger partial charge is 0.306 e. The first-order valence-corrected chi connectivity index (χ1v) is 15.1. The van der Waals surface area contributed by atoms with Crippen molar-refractivity contribution in [2.24, 2.45) is 0 Å². The summed E-state index contributed by atoms with van der Waals surface area (Å²) in [7, 11) is -4.67. The summed E-state index contributed by atoms with van der Waals surface area (Å²) >= 11 is 0. The fourth-order valence-electron chi connectivity index (χ4n) is 4.29. The number of carbonyl (C=O) groups excluding carboxylic acids is 1. The maximum atomic E-state index is 13.0. The number of rotatable bonds is 6. The topological polar surface area (TPSA) is 60.4 Å². The largest absolute Gasteiger partial charge is 0.466 e. The van der Waals surface area contributed by atoms with Crippen molar-refractivity contribution in [2.45, 2.75) is 38.0 Å². The van der Waals surface area contributed by atoms with E-state index in [1.54, 1.807) is 6.92 Å². The van der Waals surface area contributed by atoms with Crippen LogP contribution in [0.1, 0.15) is 26.7 Å². The van der Waals surface area contributed by atoms with Gasteiger partial charge in [0.2, 0.25) is 0 Å². The highest BCUT2D eigenvalue weighted by Crippen LogP contribution is 2.55. The molecule has 0 radical (unpaired) electrons. The second-order valence-electron chi connectivity index (χ2n) is 8.04. The Labute approximate surface area is 191 Å². The number of allylic oxidation sites excluding steroid dienone is 4. The van der Waals surface area contributed by atoms with Crippen LogP contribution in [0.5, 0.6) is 0 Å². The summed E-state index contributed by atoms with van der Waals surface area (Å²) in [5, 5.41) is 1.89. The Morgan fingerprint density at radius 1 is 0.812 bits per heavy atom. The van der Waals surface area contributed by atoms with E-state index in [2.05, 4.69) is 19.1 Å². The molecule has 0 saturated carbocycles. The van der Waals surface area contributed by atoms with Gasteiger partial charge in [0.05, 0.1) is 13.0 Å². The standard InChI is InChI=1S/C14H17O3P.C12H15OP/c1-2-17-14(15)11-13-9-6-10-18(13,16)12-7-4-3-5-8-12;1-2-11-9-6-10-14(11,13)12-7-4-3-5-8-12/h3-9,13H,2,10-11H2,1H3;3-9,11H,2,10H2,1H3/t13-,18+;11-,14+/m10/s1. The molecule has 0 aliphatic carbocycles. The van der Waals surface area contributed by atoms with Crippen LogP contribution in [0.4, 0.5) is 0 Å². The average Bonchev–Trinajstić information content (AvgIpc) is 3.39. The van der Waals surface area contributed by atoms with Gasteiger partial charge in [0, 0.05) is 34.3 Å². The van der Waals surface area contributed by atoms with E-state index in [9.17, 15) is 13.9 Å². The monoisotopic (exact) mass is 470 g/mol. The number of benzene rings is 2. The molecular formula is C26H32O4P2. The number of hydrogen-bond donors (Lipinski definition) is 0. The molecule has 4 atom stereocenters. The molecule has 4 nitrogen and oxygen atoms in total. The first-order valence-electron chi connectivity index (χ1n) is 11.2. The lowest BCUT2D eigenvalue weighted by Gasteiger charge is -2.20. The van der Waals surface area contributed by atoms with Gasteiger partial charge < -0.3 is 13.9 Å². The molecule has 0 saturated heterocycles. The summed E-state index contributed by atoms with van der Waals surface area (Å²) in [5.74, 6) is -0.273. The molecule has 2 heterocycles. The Morgan fingerprint density at radius 3 is 1.75 bits per heavy atom. The Hall–Kier alpha value is -2.15. The Balaban J connectivity index is 0.000000186. The van der Waals surface area contributed by atoms with Crippen molar-refractivity contribution in [1.82, 2.24) is 0 Å². The molecule has 2 aromatic carbocycles.